The molecular formula is C38H47ClF8N6O8S4. The Morgan fingerprint density at radius 3 is 1.31 bits per heavy atom. The normalized spacial score (nSPS) is 22.3. The summed E-state index contributed by atoms with van der Waals surface area (Å²) in [4.78, 5) is -1.27. The number of halogens is 9. The summed E-state index contributed by atoms with van der Waals surface area (Å²) in [6, 6.07) is 5.15. The third-order valence-corrected chi connectivity index (χ3v) is 18.9. The lowest BCUT2D eigenvalue weighted by Gasteiger charge is -2.33. The molecule has 0 aliphatic heterocycles. The third kappa shape index (κ3) is 11.9. The molecule has 27 heteroatoms. The molecule has 0 radical (unpaired) electrons. The number of aryl methyl sites for hydroxylation is 4. The smallest absolute Gasteiger partial charge is 0.328 e. The number of nitrogens with one attached hydrogen (secondary N) is 1. The maximum Gasteiger partial charge on any atom is 0.416 e. The minimum absolute atomic E-state index is 0.00803. The minimum Gasteiger partial charge on any atom is -0.328 e. The van der Waals surface area contributed by atoms with E-state index in [0.717, 1.165) is 30.3 Å². The van der Waals surface area contributed by atoms with Crippen molar-refractivity contribution in [3.63, 3.8) is 0 Å². The molecule has 2 aliphatic rings. The highest BCUT2D eigenvalue weighted by molar-refractivity contribution is 8.13. The Hall–Kier alpha value is -3.69. The molecule has 0 spiro atoms. The molecule has 2 fully saturated rings. The number of benzene rings is 2. The molecule has 65 heavy (non-hydrogen) atoms. The molecule has 2 aliphatic carbocycles. The quantitative estimate of drug-likeness (QED) is 0.131. The summed E-state index contributed by atoms with van der Waals surface area (Å²) in [6.07, 6.45) is -11.0. The number of aromatic nitrogens is 4. The molecule has 0 atom stereocenters. The SMILES string of the molecule is Cc1nn(C)c(C)c1S(=O)(=O)Cl.Cc1nn(C)c(C)c1S(=O)(=O)NC1CCC(F)(S(=O)(=O)c2cccc(C(F)(F)F)c2)CC1.NC1CCC(F)(S(=O)(=O)c2cccc(C(F)(F)F)c2)CC1. The van der Waals surface area contributed by atoms with Gasteiger partial charge >= 0.3 is 12.4 Å². The summed E-state index contributed by atoms with van der Waals surface area (Å²) in [7, 11) is -8.38. The number of alkyl halides is 8. The first-order valence-electron chi connectivity index (χ1n) is 19.4. The lowest BCUT2D eigenvalue weighted by Crippen LogP contribution is -2.45. The number of sulfonamides is 1. The van der Waals surface area contributed by atoms with Gasteiger partial charge in [-0.05, 0) is 115 Å². The zero-order chi connectivity index (χ0) is 49.5. The van der Waals surface area contributed by atoms with Gasteiger partial charge in [0.25, 0.3) is 9.05 Å². The number of nitrogens with zero attached hydrogens (tertiary/aromatic N) is 4. The second-order valence-electron chi connectivity index (χ2n) is 15.7. The van der Waals surface area contributed by atoms with Crippen molar-refractivity contribution in [1.82, 2.24) is 24.3 Å². The van der Waals surface area contributed by atoms with E-state index in [9.17, 15) is 64.4 Å². The third-order valence-electron chi connectivity index (χ3n) is 11.1. The number of sulfone groups is 2. The first kappa shape index (κ1) is 53.9. The van der Waals surface area contributed by atoms with E-state index in [0.29, 0.717) is 41.0 Å². The number of hydrogen-bond donors (Lipinski definition) is 2. The monoisotopic (exact) mass is 1030 g/mol. The molecule has 2 saturated carbocycles. The van der Waals surface area contributed by atoms with Crippen LogP contribution in [0.5, 0.6) is 0 Å². The van der Waals surface area contributed by atoms with Crippen LogP contribution in [0.15, 0.2) is 68.1 Å². The van der Waals surface area contributed by atoms with Crippen molar-refractivity contribution in [1.29, 1.82) is 0 Å². The van der Waals surface area contributed by atoms with Crippen LogP contribution in [0.25, 0.3) is 0 Å². The molecule has 3 N–H and O–H groups in total. The van der Waals surface area contributed by atoms with Crippen molar-refractivity contribution in [2.75, 3.05) is 0 Å². The van der Waals surface area contributed by atoms with Crippen molar-refractivity contribution >= 4 is 49.4 Å². The summed E-state index contributed by atoms with van der Waals surface area (Å²) in [6.45, 7) is 6.40. The zero-order valence-corrected chi connectivity index (χ0v) is 39.6. The maximum absolute atomic E-state index is 15.5. The molecule has 0 amide bonds. The molecular weight excluding hydrogens is 984 g/mol. The Morgan fingerprint density at radius 1 is 0.646 bits per heavy atom. The second-order valence-corrected chi connectivity index (χ2v) is 24.3. The number of hydrogen-bond acceptors (Lipinski definition) is 11. The van der Waals surface area contributed by atoms with E-state index in [2.05, 4.69) is 14.9 Å². The zero-order valence-electron chi connectivity index (χ0n) is 35.6. The fraction of sp³-hybridized carbons (Fsp3) is 0.526. The Kier molecular flexibility index (Phi) is 15.9. The summed E-state index contributed by atoms with van der Waals surface area (Å²) in [5.74, 6) is 0. The van der Waals surface area contributed by atoms with Crippen molar-refractivity contribution < 1.29 is 68.8 Å². The van der Waals surface area contributed by atoms with Crippen LogP contribution in [0.3, 0.4) is 0 Å². The van der Waals surface area contributed by atoms with E-state index in [1.54, 1.807) is 34.9 Å². The van der Waals surface area contributed by atoms with Gasteiger partial charge in [-0.25, -0.2) is 47.2 Å². The van der Waals surface area contributed by atoms with E-state index in [1.165, 1.54) is 16.3 Å². The summed E-state index contributed by atoms with van der Waals surface area (Å²) in [5, 5.41) is 2.65. The molecule has 6 rings (SSSR count). The summed E-state index contributed by atoms with van der Waals surface area (Å²) in [5.41, 5.74) is 5.01. The summed E-state index contributed by atoms with van der Waals surface area (Å²) < 4.78 is 210. The van der Waals surface area contributed by atoms with Gasteiger partial charge in [0.15, 0.2) is 0 Å². The van der Waals surface area contributed by atoms with E-state index in [-0.39, 0.29) is 54.4 Å². The highest BCUT2D eigenvalue weighted by Gasteiger charge is 2.50. The van der Waals surface area contributed by atoms with Gasteiger partial charge in [0.1, 0.15) is 9.79 Å². The molecule has 0 saturated heterocycles. The first-order valence-corrected chi connectivity index (χ1v) is 26.2. The highest BCUT2D eigenvalue weighted by Crippen LogP contribution is 2.43. The van der Waals surface area contributed by atoms with Gasteiger partial charge in [-0.3, -0.25) is 9.36 Å². The van der Waals surface area contributed by atoms with Crippen molar-refractivity contribution in [2.45, 2.75) is 133 Å². The van der Waals surface area contributed by atoms with Crippen LogP contribution in [0.2, 0.25) is 0 Å². The van der Waals surface area contributed by atoms with Gasteiger partial charge in [-0.2, -0.15) is 36.5 Å². The fourth-order valence-electron chi connectivity index (χ4n) is 7.41. The molecule has 2 aromatic heterocycles. The molecule has 2 heterocycles. The van der Waals surface area contributed by atoms with Gasteiger partial charge in [0.05, 0.1) is 43.7 Å². The van der Waals surface area contributed by atoms with Gasteiger partial charge in [0.2, 0.25) is 39.7 Å². The topological polar surface area (TPSA) is 210 Å². The summed E-state index contributed by atoms with van der Waals surface area (Å²) >= 11 is 0. The average molecular weight is 1030 g/mol. The van der Waals surface area contributed by atoms with E-state index in [1.807, 2.05) is 0 Å². The van der Waals surface area contributed by atoms with Crippen LogP contribution in [0.4, 0.5) is 35.1 Å². The van der Waals surface area contributed by atoms with Crippen LogP contribution in [0.1, 0.15) is 85.3 Å². The van der Waals surface area contributed by atoms with Crippen LogP contribution in [-0.2, 0) is 65.2 Å². The van der Waals surface area contributed by atoms with Gasteiger partial charge in [-0.15, -0.1) is 0 Å². The van der Waals surface area contributed by atoms with Gasteiger partial charge < -0.3 is 5.73 Å². The first-order chi connectivity index (χ1) is 29.5. The van der Waals surface area contributed by atoms with Crippen LogP contribution in [-0.4, -0.2) is 75.3 Å². The van der Waals surface area contributed by atoms with Gasteiger partial charge in [0, 0.05) is 36.9 Å². The van der Waals surface area contributed by atoms with E-state index < -0.39 is 101 Å². The second kappa shape index (κ2) is 19.1. The van der Waals surface area contributed by atoms with Crippen LogP contribution in [0, 0.1) is 27.7 Å². The van der Waals surface area contributed by atoms with Crippen molar-refractivity contribution in [3.05, 3.63) is 82.4 Å². The van der Waals surface area contributed by atoms with Crippen molar-refractivity contribution in [2.24, 2.45) is 19.8 Å². The Morgan fingerprint density at radius 2 is 1.00 bits per heavy atom. The Balaban J connectivity index is 0.000000239. The molecule has 0 unspecified atom stereocenters. The predicted octanol–water partition coefficient (Wildman–Crippen LogP) is 7.43. The lowest BCUT2D eigenvalue weighted by molar-refractivity contribution is -0.138. The lowest BCUT2D eigenvalue weighted by atomic mass is 9.94. The molecule has 14 nitrogen and oxygen atoms in total. The number of rotatable bonds is 8. The van der Waals surface area contributed by atoms with Crippen molar-refractivity contribution in [3.8, 4) is 0 Å². The predicted molar refractivity (Wildman–Crippen MR) is 222 cm³/mol. The van der Waals surface area contributed by atoms with E-state index in [4.69, 9.17) is 16.4 Å². The Labute approximate surface area is 376 Å². The van der Waals surface area contributed by atoms with Gasteiger partial charge in [-0.1, -0.05) is 12.1 Å². The average Bonchev–Trinajstić information content (AvgIpc) is 3.62. The maximum atomic E-state index is 15.5. The van der Waals surface area contributed by atoms with Crippen LogP contribution < -0.4 is 10.5 Å². The number of nitrogens with two attached hydrogens (primary N) is 1. The molecule has 0 bridgehead atoms. The van der Waals surface area contributed by atoms with E-state index >= 15 is 4.39 Å². The molecule has 4 aromatic rings. The Bertz CT molecular complexity index is 2840. The molecule has 2 aromatic carbocycles. The molecule has 364 valence electrons. The minimum atomic E-state index is -4.77. The fourth-order valence-corrected chi connectivity index (χ4v) is 14.2. The van der Waals surface area contributed by atoms with Crippen LogP contribution >= 0.6 is 10.7 Å². The largest absolute Gasteiger partial charge is 0.416 e. The standard InChI is InChI=1S/C19H23F4N3O4S2.C13H15F4NO2S.C6H9ClN2O2S/c1-12-17(13(2)26(3)24-12)32(29,30)25-15-7-9-18(20,10-8-15)31(27,28)16-6-4-5-14(11-16)19(21,22)23;14-12(6-4-10(18)5-7-12)21(19,20)11-3-1-2-9(8-11)13(15,16)17;1-4-6(12(7,10)11)5(2)9(3)8-4/h4-6,11,15,25H,7-10H2,1-3H3;1-3,8,10H,4-7,18H2;1-3H3. The highest BCUT2D eigenvalue weighted by atomic mass is 35.7.